The number of ether oxygens (including phenoxy) is 4. The van der Waals surface area contributed by atoms with Crippen LogP contribution in [0.2, 0.25) is 0 Å². The molecule has 1 N–H and O–H groups in total. The Kier molecular flexibility index (Phi) is 8.44. The molecule has 2 aromatic carbocycles. The van der Waals surface area contributed by atoms with E-state index < -0.39 is 12.1 Å². The first-order chi connectivity index (χ1) is 23.3. The zero-order valence-corrected chi connectivity index (χ0v) is 26.6. The number of nitrogens with zero attached hydrogens (tertiary/aromatic N) is 4. The van der Waals surface area contributed by atoms with Crippen LogP contribution >= 0.6 is 0 Å². The van der Waals surface area contributed by atoms with Gasteiger partial charge in [0.05, 0.1) is 37.9 Å². The largest absolute Gasteiger partial charge is 0.497 e. The van der Waals surface area contributed by atoms with Crippen molar-refractivity contribution in [3.8, 4) is 11.5 Å². The van der Waals surface area contributed by atoms with Crippen LogP contribution in [-0.2, 0) is 27.4 Å². The van der Waals surface area contributed by atoms with E-state index in [1.54, 1.807) is 57.9 Å². The van der Waals surface area contributed by atoms with E-state index in [0.717, 1.165) is 23.1 Å². The van der Waals surface area contributed by atoms with Crippen LogP contribution in [0.5, 0.6) is 11.5 Å². The van der Waals surface area contributed by atoms with Crippen molar-refractivity contribution in [2.24, 2.45) is 0 Å². The number of aromatic nitrogens is 2. The van der Waals surface area contributed by atoms with Crippen LogP contribution in [0.25, 0.3) is 10.9 Å². The molecule has 0 bridgehead atoms. The first kappa shape index (κ1) is 31.2. The number of pyridine rings is 2. The molecule has 3 aliphatic rings. The second-order valence-electron chi connectivity index (χ2n) is 12.0. The number of carbonyl (C=O) groups excluding carboxylic acids is 3. The first-order valence-corrected chi connectivity index (χ1v) is 15.8. The summed E-state index contributed by atoms with van der Waals surface area (Å²) >= 11 is 0. The summed E-state index contributed by atoms with van der Waals surface area (Å²) in [5, 5.41) is 4.37. The summed E-state index contributed by atoms with van der Waals surface area (Å²) in [6.45, 7) is 1.09. The van der Waals surface area contributed by atoms with Gasteiger partial charge in [-0.05, 0) is 66.3 Å². The number of benzene rings is 2. The molecular weight excluding hydrogens is 618 g/mol. The van der Waals surface area contributed by atoms with Gasteiger partial charge >= 0.3 is 12.1 Å². The number of anilines is 2. The maximum absolute atomic E-state index is 13.2. The third kappa shape index (κ3) is 5.92. The van der Waals surface area contributed by atoms with Gasteiger partial charge in [-0.15, -0.1) is 0 Å². The number of methoxy groups -OCH3 is 2. The third-order valence-corrected chi connectivity index (χ3v) is 9.20. The third-order valence-electron chi connectivity index (χ3n) is 9.20. The van der Waals surface area contributed by atoms with Crippen molar-refractivity contribution in [1.82, 2.24) is 14.9 Å². The number of carbonyl (C=O) groups is 3. The Labute approximate surface area is 276 Å². The van der Waals surface area contributed by atoms with E-state index in [4.69, 9.17) is 23.9 Å². The van der Waals surface area contributed by atoms with Crippen molar-refractivity contribution in [2.75, 3.05) is 37.2 Å². The predicted octanol–water partition coefficient (Wildman–Crippen LogP) is 3.65. The minimum Gasteiger partial charge on any atom is -0.497 e. The highest BCUT2D eigenvalue weighted by atomic mass is 16.6. The number of hydrogen-bond donors (Lipinski definition) is 1. The average molecular weight is 654 g/mol. The Balaban J connectivity index is 1.02. The quantitative estimate of drug-likeness (QED) is 0.266. The van der Waals surface area contributed by atoms with Crippen molar-refractivity contribution >= 4 is 40.5 Å². The number of amides is 2. The van der Waals surface area contributed by atoms with Crippen LogP contribution in [0.3, 0.4) is 0 Å². The Hall–Kier alpha value is -5.43. The van der Waals surface area contributed by atoms with Gasteiger partial charge in [0.2, 0.25) is 0 Å². The zero-order chi connectivity index (χ0) is 33.4. The summed E-state index contributed by atoms with van der Waals surface area (Å²) < 4.78 is 23.3. The van der Waals surface area contributed by atoms with E-state index in [1.165, 1.54) is 13.2 Å². The lowest BCUT2D eigenvalue weighted by Crippen LogP contribution is -2.47. The second-order valence-corrected chi connectivity index (χ2v) is 12.0. The van der Waals surface area contributed by atoms with Gasteiger partial charge in [-0.25, -0.2) is 14.6 Å². The molecule has 248 valence electrons. The van der Waals surface area contributed by atoms with Gasteiger partial charge in [-0.2, -0.15) is 0 Å². The molecule has 1 saturated heterocycles. The highest BCUT2D eigenvalue weighted by Crippen LogP contribution is 2.39. The molecule has 3 atom stereocenters. The number of rotatable bonds is 9. The Bertz CT molecular complexity index is 1940. The minimum atomic E-state index is -0.480. The summed E-state index contributed by atoms with van der Waals surface area (Å²) in [6.07, 6.45) is 1.22. The number of hydrogen-bond acceptors (Lipinski definition) is 10. The number of fused-ring (bicyclic) bond motifs is 3. The molecule has 0 spiro atoms. The van der Waals surface area contributed by atoms with Gasteiger partial charge in [0.1, 0.15) is 17.7 Å². The van der Waals surface area contributed by atoms with Gasteiger partial charge in [0, 0.05) is 31.6 Å². The fourth-order valence-corrected chi connectivity index (χ4v) is 6.73. The second kappa shape index (κ2) is 13.0. The van der Waals surface area contributed by atoms with Gasteiger partial charge in [-0.3, -0.25) is 19.4 Å². The SMILES string of the molecule is COC(=O)c1ccc2ccc(=O)n(CCN[C@@H]3CC[C@@H]4[C@@H](C3)OC(=O)N4c3ccc4c(n3)N(Cc3ccc(OC)cc3)C(=O)CO4)c2c1. The Morgan fingerprint density at radius 2 is 1.81 bits per heavy atom. The molecule has 4 aromatic rings. The standard InChI is InChI=1S/C35H35N5O8/c1-45-25-9-3-21(4-10-25)19-39-32(42)20-47-28-12-13-30(37-33(28)39)40-26-11-8-24(18-29(26)48-35(40)44)36-15-16-38-27-17-23(34(43)46-2)6-5-22(27)7-14-31(38)41/h3-7,9-10,12-14,17,24,26,29,36H,8,11,15-16,18-20H2,1-2H3/t24-,26-,29-/m1/s1. The highest BCUT2D eigenvalue weighted by Gasteiger charge is 2.47. The molecule has 2 fully saturated rings. The average Bonchev–Trinajstić information content (AvgIpc) is 3.44. The fraction of sp³-hybridized carbons (Fsp3) is 0.343. The Morgan fingerprint density at radius 1 is 1.00 bits per heavy atom. The monoisotopic (exact) mass is 653 g/mol. The fourth-order valence-electron chi connectivity index (χ4n) is 6.73. The summed E-state index contributed by atoms with van der Waals surface area (Å²) in [7, 11) is 2.92. The molecule has 2 aliphatic heterocycles. The van der Waals surface area contributed by atoms with E-state index in [2.05, 4.69) is 5.32 Å². The molecule has 7 rings (SSSR count). The highest BCUT2D eigenvalue weighted by molar-refractivity contribution is 5.98. The molecule has 0 unspecified atom stereocenters. The van der Waals surface area contributed by atoms with Crippen molar-refractivity contribution in [1.29, 1.82) is 0 Å². The van der Waals surface area contributed by atoms with Crippen molar-refractivity contribution < 1.29 is 33.3 Å². The molecule has 13 heteroatoms. The molecule has 0 radical (unpaired) electrons. The van der Waals surface area contributed by atoms with E-state index in [-0.39, 0.29) is 42.8 Å². The van der Waals surface area contributed by atoms with Gasteiger partial charge in [0.25, 0.3) is 11.5 Å². The first-order valence-electron chi connectivity index (χ1n) is 15.8. The van der Waals surface area contributed by atoms with Crippen LogP contribution in [0, 0.1) is 0 Å². The van der Waals surface area contributed by atoms with E-state index in [0.29, 0.717) is 54.4 Å². The van der Waals surface area contributed by atoms with Crippen LogP contribution in [0.4, 0.5) is 16.4 Å². The molecule has 4 heterocycles. The smallest absolute Gasteiger partial charge is 0.416 e. The Morgan fingerprint density at radius 3 is 2.60 bits per heavy atom. The maximum atomic E-state index is 13.2. The minimum absolute atomic E-state index is 0.0674. The van der Waals surface area contributed by atoms with E-state index in [9.17, 15) is 19.2 Å². The number of esters is 1. The zero-order valence-electron chi connectivity index (χ0n) is 26.6. The molecule has 1 saturated carbocycles. The van der Waals surface area contributed by atoms with E-state index >= 15 is 0 Å². The van der Waals surface area contributed by atoms with Crippen molar-refractivity contribution in [3.63, 3.8) is 0 Å². The van der Waals surface area contributed by atoms with Crippen LogP contribution in [0.1, 0.15) is 35.2 Å². The molecule has 13 nitrogen and oxygen atoms in total. The topological polar surface area (TPSA) is 142 Å². The van der Waals surface area contributed by atoms with Crippen LogP contribution in [0.15, 0.2) is 71.5 Å². The van der Waals surface area contributed by atoms with Crippen LogP contribution in [-0.4, -0.2) is 73.1 Å². The van der Waals surface area contributed by atoms with Crippen molar-refractivity contribution in [2.45, 2.75) is 50.5 Å². The maximum Gasteiger partial charge on any atom is 0.416 e. The van der Waals surface area contributed by atoms with Crippen molar-refractivity contribution in [3.05, 3.63) is 88.2 Å². The summed E-state index contributed by atoms with van der Waals surface area (Å²) in [4.78, 5) is 59.0. The predicted molar refractivity (Wildman–Crippen MR) is 176 cm³/mol. The lowest BCUT2D eigenvalue weighted by Gasteiger charge is -2.34. The summed E-state index contributed by atoms with van der Waals surface area (Å²) in [5.74, 6) is 1.25. The van der Waals surface area contributed by atoms with Crippen LogP contribution < -0.4 is 30.1 Å². The lowest BCUT2D eigenvalue weighted by molar-refractivity contribution is -0.121. The van der Waals surface area contributed by atoms with Gasteiger partial charge in [0.15, 0.2) is 18.2 Å². The normalized spacial score (nSPS) is 20.2. The molecule has 2 aromatic heterocycles. The summed E-state index contributed by atoms with van der Waals surface area (Å²) in [5.41, 5.74) is 1.76. The molecule has 2 amide bonds. The summed E-state index contributed by atoms with van der Waals surface area (Å²) in [6, 6.07) is 19.2. The molecule has 48 heavy (non-hydrogen) atoms. The van der Waals surface area contributed by atoms with Gasteiger partial charge in [-0.1, -0.05) is 18.2 Å². The molecular formula is C35H35N5O8. The van der Waals surface area contributed by atoms with E-state index in [1.807, 2.05) is 24.3 Å². The number of nitrogens with one attached hydrogen (secondary N) is 1. The molecule has 1 aliphatic carbocycles. The lowest BCUT2D eigenvalue weighted by atomic mass is 9.88. The van der Waals surface area contributed by atoms with Gasteiger partial charge < -0.3 is 28.8 Å².